The molecule has 3 amide bonds. The minimum atomic E-state index is -0.524. The Morgan fingerprint density at radius 2 is 2.00 bits per heavy atom. The summed E-state index contributed by atoms with van der Waals surface area (Å²) in [6.45, 7) is 0. The molecule has 1 saturated carbocycles. The third-order valence-corrected chi connectivity index (χ3v) is 5.55. The number of benzene rings is 1. The maximum atomic E-state index is 11.9. The van der Waals surface area contributed by atoms with Crippen molar-refractivity contribution in [1.29, 1.82) is 0 Å². The van der Waals surface area contributed by atoms with Crippen LogP contribution >= 0.6 is 23.4 Å². The van der Waals surface area contributed by atoms with Gasteiger partial charge in [-0.15, -0.1) is 10.2 Å². The first kappa shape index (κ1) is 18.7. The van der Waals surface area contributed by atoms with Gasteiger partial charge in [0.1, 0.15) is 0 Å². The highest BCUT2D eigenvalue weighted by atomic mass is 35.5. The van der Waals surface area contributed by atoms with E-state index < -0.39 is 6.03 Å². The molecule has 1 aromatic heterocycles. The van der Waals surface area contributed by atoms with Crippen molar-refractivity contribution >= 4 is 35.3 Å². The number of halogens is 1. The lowest BCUT2D eigenvalue weighted by atomic mass is 10.2. The number of hydrogen-bond acceptors (Lipinski definition) is 5. The fraction of sp³-hybridized carbons (Fsp3) is 0.412. The Morgan fingerprint density at radius 3 is 2.69 bits per heavy atom. The van der Waals surface area contributed by atoms with Crippen molar-refractivity contribution in [3.8, 4) is 11.4 Å². The number of carbonyl (C=O) groups is 2. The van der Waals surface area contributed by atoms with E-state index in [9.17, 15) is 9.59 Å². The smallest absolute Gasteiger partial charge is 0.321 e. The number of carbonyl (C=O) groups excluding carboxylic acids is 2. The molecule has 1 aromatic carbocycles. The van der Waals surface area contributed by atoms with Crippen LogP contribution in [-0.2, 0) is 4.79 Å². The van der Waals surface area contributed by atoms with Crippen molar-refractivity contribution in [2.24, 2.45) is 0 Å². The zero-order chi connectivity index (χ0) is 18.5. The normalized spacial score (nSPS) is 14.4. The Hall–Kier alpha value is -2.06. The van der Waals surface area contributed by atoms with E-state index in [4.69, 9.17) is 11.6 Å². The molecule has 1 aliphatic carbocycles. The number of nitrogens with zero attached hydrogens (tertiary/aromatic N) is 3. The van der Waals surface area contributed by atoms with E-state index in [1.165, 1.54) is 18.8 Å². The fourth-order valence-electron chi connectivity index (χ4n) is 3.05. The van der Waals surface area contributed by atoms with Crippen LogP contribution in [0.5, 0.6) is 0 Å². The number of nitrogens with one attached hydrogen (secondary N) is 2. The molecule has 138 valence electrons. The summed E-state index contributed by atoms with van der Waals surface area (Å²) in [4.78, 5) is 23.1. The maximum absolute atomic E-state index is 11.9. The van der Waals surface area contributed by atoms with Crippen molar-refractivity contribution in [2.45, 2.75) is 36.9 Å². The number of amides is 3. The number of thioether (sulfide) groups is 1. The first-order chi connectivity index (χ1) is 12.6. The average Bonchev–Trinajstić information content (AvgIpc) is 3.29. The summed E-state index contributed by atoms with van der Waals surface area (Å²) >= 11 is 7.62. The molecule has 9 heteroatoms. The molecule has 1 fully saturated rings. The molecule has 0 bridgehead atoms. The highest BCUT2D eigenvalue weighted by Gasteiger charge is 2.26. The molecule has 0 aliphatic heterocycles. The lowest BCUT2D eigenvalue weighted by Gasteiger charge is -2.17. The maximum Gasteiger partial charge on any atom is 0.321 e. The molecular formula is C17H20ClN5O2S. The van der Waals surface area contributed by atoms with Gasteiger partial charge in [0.15, 0.2) is 11.0 Å². The monoisotopic (exact) mass is 393 g/mol. The van der Waals surface area contributed by atoms with Gasteiger partial charge in [-0.2, -0.15) is 0 Å². The van der Waals surface area contributed by atoms with Gasteiger partial charge in [0.2, 0.25) is 5.91 Å². The van der Waals surface area contributed by atoms with Crippen LogP contribution in [0.25, 0.3) is 11.4 Å². The predicted molar refractivity (Wildman–Crippen MR) is 101 cm³/mol. The van der Waals surface area contributed by atoms with Crippen LogP contribution in [0.3, 0.4) is 0 Å². The molecule has 2 N–H and O–H groups in total. The Bertz CT molecular complexity index is 804. The second-order valence-corrected chi connectivity index (χ2v) is 7.36. The van der Waals surface area contributed by atoms with E-state index in [2.05, 4.69) is 25.4 Å². The van der Waals surface area contributed by atoms with Crippen LogP contribution in [0.2, 0.25) is 5.02 Å². The van der Waals surface area contributed by atoms with Gasteiger partial charge in [-0.1, -0.05) is 48.3 Å². The molecular weight excluding hydrogens is 374 g/mol. The second kappa shape index (κ2) is 8.55. The summed E-state index contributed by atoms with van der Waals surface area (Å²) in [5, 5.41) is 14.5. The molecule has 0 atom stereocenters. The van der Waals surface area contributed by atoms with Gasteiger partial charge in [-0.25, -0.2) is 4.79 Å². The Kier molecular flexibility index (Phi) is 6.16. The minimum Gasteiger partial charge on any atom is -0.341 e. The molecule has 0 unspecified atom stereocenters. The standard InChI is InChI=1S/C17H20ClN5O2S/c1-19-16(25)20-14(24)10-26-17-22-21-15(12-8-4-5-9-13(12)18)23(17)11-6-2-3-7-11/h4-5,8-9,11H,2-3,6-7,10H2,1H3,(H2,19,20,24,25). The van der Waals surface area contributed by atoms with Crippen molar-refractivity contribution in [3.05, 3.63) is 29.3 Å². The highest BCUT2D eigenvalue weighted by molar-refractivity contribution is 7.99. The minimum absolute atomic E-state index is 0.0841. The zero-order valence-electron chi connectivity index (χ0n) is 14.4. The molecule has 26 heavy (non-hydrogen) atoms. The Labute approximate surface area is 160 Å². The third-order valence-electron chi connectivity index (χ3n) is 4.28. The average molecular weight is 394 g/mol. The summed E-state index contributed by atoms with van der Waals surface area (Å²) in [7, 11) is 1.46. The largest absolute Gasteiger partial charge is 0.341 e. The summed E-state index contributed by atoms with van der Waals surface area (Å²) in [6, 6.07) is 7.31. The number of urea groups is 1. The SMILES string of the molecule is CNC(=O)NC(=O)CSc1nnc(-c2ccccc2Cl)n1C1CCCC1. The number of rotatable bonds is 5. The van der Waals surface area contributed by atoms with E-state index in [1.54, 1.807) is 0 Å². The van der Waals surface area contributed by atoms with Gasteiger partial charge >= 0.3 is 6.03 Å². The molecule has 1 heterocycles. The Morgan fingerprint density at radius 1 is 1.27 bits per heavy atom. The first-order valence-electron chi connectivity index (χ1n) is 8.44. The lowest BCUT2D eigenvalue weighted by Crippen LogP contribution is -2.38. The van der Waals surface area contributed by atoms with Crippen LogP contribution in [0.1, 0.15) is 31.7 Å². The van der Waals surface area contributed by atoms with Gasteiger partial charge in [0.25, 0.3) is 0 Å². The fourth-order valence-corrected chi connectivity index (χ4v) is 4.07. The summed E-state index contributed by atoms with van der Waals surface area (Å²) in [5.74, 6) is 0.423. The van der Waals surface area contributed by atoms with Crippen molar-refractivity contribution in [3.63, 3.8) is 0 Å². The highest BCUT2D eigenvalue weighted by Crippen LogP contribution is 2.38. The molecule has 3 rings (SSSR count). The third kappa shape index (κ3) is 4.19. The van der Waals surface area contributed by atoms with Crippen LogP contribution in [0, 0.1) is 0 Å². The summed E-state index contributed by atoms with van der Waals surface area (Å²) in [6.07, 6.45) is 4.42. The summed E-state index contributed by atoms with van der Waals surface area (Å²) in [5.41, 5.74) is 0.829. The lowest BCUT2D eigenvalue weighted by molar-refractivity contribution is -0.117. The second-order valence-electron chi connectivity index (χ2n) is 6.01. The van der Waals surface area contributed by atoms with Gasteiger partial charge in [0.05, 0.1) is 10.8 Å². The van der Waals surface area contributed by atoms with Crippen LogP contribution < -0.4 is 10.6 Å². The molecule has 2 aromatic rings. The van der Waals surface area contributed by atoms with Crippen molar-refractivity contribution in [2.75, 3.05) is 12.8 Å². The predicted octanol–water partition coefficient (Wildman–Crippen LogP) is 3.26. The number of imide groups is 1. The van der Waals surface area contributed by atoms with Gasteiger partial charge in [-0.3, -0.25) is 14.7 Å². The van der Waals surface area contributed by atoms with E-state index in [0.29, 0.717) is 16.2 Å². The zero-order valence-corrected chi connectivity index (χ0v) is 15.9. The topological polar surface area (TPSA) is 88.9 Å². The molecule has 0 radical (unpaired) electrons. The Balaban J connectivity index is 1.85. The van der Waals surface area contributed by atoms with E-state index >= 15 is 0 Å². The van der Waals surface area contributed by atoms with Gasteiger partial charge < -0.3 is 5.32 Å². The van der Waals surface area contributed by atoms with Gasteiger partial charge in [0, 0.05) is 18.7 Å². The van der Waals surface area contributed by atoms with E-state index in [-0.39, 0.29) is 11.7 Å². The van der Waals surface area contributed by atoms with Crippen LogP contribution in [-0.4, -0.2) is 39.5 Å². The van der Waals surface area contributed by atoms with E-state index in [1.807, 2.05) is 24.3 Å². The van der Waals surface area contributed by atoms with Crippen LogP contribution in [0.15, 0.2) is 29.4 Å². The molecule has 0 saturated heterocycles. The summed E-state index contributed by atoms with van der Waals surface area (Å²) < 4.78 is 2.09. The van der Waals surface area contributed by atoms with Crippen molar-refractivity contribution in [1.82, 2.24) is 25.4 Å². The molecule has 0 spiro atoms. The van der Waals surface area contributed by atoms with Crippen LogP contribution in [0.4, 0.5) is 4.79 Å². The quantitative estimate of drug-likeness (QED) is 0.761. The molecule has 1 aliphatic rings. The first-order valence-corrected chi connectivity index (χ1v) is 9.80. The van der Waals surface area contributed by atoms with Gasteiger partial charge in [-0.05, 0) is 25.0 Å². The number of aromatic nitrogens is 3. The number of hydrogen-bond donors (Lipinski definition) is 2. The molecule has 7 nitrogen and oxygen atoms in total. The van der Waals surface area contributed by atoms with E-state index in [0.717, 1.165) is 37.1 Å². The van der Waals surface area contributed by atoms with Crippen molar-refractivity contribution < 1.29 is 9.59 Å².